The molecule has 1 atom stereocenters. The molecule has 0 bridgehead atoms. The zero-order valence-corrected chi connectivity index (χ0v) is 20.0. The maximum absolute atomic E-state index is 13.2. The van der Waals surface area contributed by atoms with Crippen LogP contribution in [-0.2, 0) is 0 Å². The molecule has 0 saturated heterocycles. The summed E-state index contributed by atoms with van der Waals surface area (Å²) in [4.78, 5) is 13.2. The van der Waals surface area contributed by atoms with Crippen molar-refractivity contribution in [2.45, 2.75) is 39.9 Å². The summed E-state index contributed by atoms with van der Waals surface area (Å²) in [6.07, 6.45) is 0.0117. The first-order chi connectivity index (χ1) is 13.8. The Bertz CT molecular complexity index is 829. The topological polar surface area (TPSA) is 63.2 Å². The molecule has 0 N–H and O–H groups in total. The maximum Gasteiger partial charge on any atom is 0.193 e. The minimum Gasteiger partial charge on any atom is -0.496 e. The van der Waals surface area contributed by atoms with Crippen LogP contribution in [0.2, 0.25) is 0 Å². The number of carbonyl (C=O) groups is 1. The van der Waals surface area contributed by atoms with Gasteiger partial charge in [-0.2, -0.15) is 0 Å². The van der Waals surface area contributed by atoms with Crippen LogP contribution < -0.4 is 29.0 Å². The Morgan fingerprint density at radius 2 is 1.30 bits per heavy atom. The molecule has 0 saturated carbocycles. The molecule has 0 aliphatic carbocycles. The van der Waals surface area contributed by atoms with Gasteiger partial charge >= 0.3 is 0 Å². The number of ether oxygens (including phenoxy) is 5. The van der Waals surface area contributed by atoms with Crippen LogP contribution in [0.15, 0.2) is 30.3 Å². The van der Waals surface area contributed by atoms with Gasteiger partial charge in [0.1, 0.15) is 34.3 Å². The van der Waals surface area contributed by atoms with Crippen LogP contribution >= 0.6 is 8.58 Å². The predicted octanol–water partition coefficient (Wildman–Crippen LogP) is 4.05. The van der Waals surface area contributed by atoms with Gasteiger partial charge in [-0.15, -0.1) is 0 Å². The molecule has 1 unspecified atom stereocenters. The van der Waals surface area contributed by atoms with Gasteiger partial charge in [-0.1, -0.05) is 0 Å². The van der Waals surface area contributed by atoms with Gasteiger partial charge in [0.05, 0.1) is 33.5 Å². The van der Waals surface area contributed by atoms with Crippen molar-refractivity contribution in [1.29, 1.82) is 0 Å². The average molecular weight is 427 g/mol. The molecule has 0 spiro atoms. The third-order valence-corrected chi connectivity index (χ3v) is 5.04. The molecule has 30 heavy (non-hydrogen) atoms. The molecule has 6 nitrogen and oxygen atoms in total. The molecule has 0 fully saturated rings. The first-order valence-corrected chi connectivity index (χ1v) is 10.4. The summed E-state index contributed by atoms with van der Waals surface area (Å²) in [5, 5.41) is 0.791. The molecule has 0 heterocycles. The molecule has 1 radical (unpaired) electrons. The second-order valence-electron chi connectivity index (χ2n) is 6.85. The van der Waals surface area contributed by atoms with E-state index < -0.39 is 0 Å². The van der Waals surface area contributed by atoms with E-state index in [9.17, 15) is 4.79 Å². The van der Waals surface area contributed by atoms with Crippen molar-refractivity contribution in [3.63, 3.8) is 0 Å². The minimum atomic E-state index is -0.178. The van der Waals surface area contributed by atoms with E-state index in [4.69, 9.17) is 23.7 Å². The number of hydrogen-bond donors (Lipinski definition) is 0. The average Bonchev–Trinajstić information content (AvgIpc) is 2.67. The molecule has 0 aromatic heterocycles. The van der Waals surface area contributed by atoms with E-state index in [2.05, 4.69) is 0 Å². The number of rotatable bonds is 10. The summed E-state index contributed by atoms with van der Waals surface area (Å²) in [7, 11) is 4.40. The van der Waals surface area contributed by atoms with Crippen molar-refractivity contribution in [1.82, 2.24) is 0 Å². The Labute approximate surface area is 192 Å². The Morgan fingerprint density at radius 3 is 1.77 bits per heavy atom. The van der Waals surface area contributed by atoms with Gasteiger partial charge in [-0.05, 0) is 48.4 Å². The Hall–Kier alpha value is -1.86. The fourth-order valence-electron chi connectivity index (χ4n) is 2.72. The second-order valence-corrected chi connectivity index (χ2v) is 8.10. The van der Waals surface area contributed by atoms with Gasteiger partial charge < -0.3 is 23.7 Å². The van der Waals surface area contributed by atoms with Crippen molar-refractivity contribution in [2.75, 3.05) is 21.3 Å². The molecule has 2 aromatic rings. The molecule has 8 heteroatoms. The number of methoxy groups -OCH3 is 3. The number of carbonyl (C=O) groups excluding carboxylic acids is 1. The second kappa shape index (κ2) is 12.1. The summed E-state index contributed by atoms with van der Waals surface area (Å²) in [6.45, 7) is 7.81. The van der Waals surface area contributed by atoms with Crippen LogP contribution in [0.1, 0.15) is 38.1 Å². The molecule has 2 aromatic carbocycles. The van der Waals surface area contributed by atoms with E-state index >= 15 is 0 Å². The summed E-state index contributed by atoms with van der Waals surface area (Å²) >= 11 is 0. The van der Waals surface area contributed by atoms with E-state index in [1.54, 1.807) is 19.2 Å². The first-order valence-electron chi connectivity index (χ1n) is 9.37. The van der Waals surface area contributed by atoms with Gasteiger partial charge in [0.25, 0.3) is 0 Å². The van der Waals surface area contributed by atoms with Gasteiger partial charge in [0.15, 0.2) is 5.52 Å². The van der Waals surface area contributed by atoms with Crippen LogP contribution in [0.4, 0.5) is 0 Å². The monoisotopic (exact) mass is 427 g/mol. The third kappa shape index (κ3) is 6.84. The smallest absolute Gasteiger partial charge is 0.193 e. The largest absolute Gasteiger partial charge is 0.496 e. The minimum absolute atomic E-state index is 0. The Balaban J connectivity index is 0.00000450. The van der Waals surface area contributed by atoms with Crippen LogP contribution in [0, 0.1) is 0 Å². The number of benzene rings is 2. The Morgan fingerprint density at radius 1 is 0.767 bits per heavy atom. The quantitative estimate of drug-likeness (QED) is 0.421. The zero-order valence-electron chi connectivity index (χ0n) is 19.0. The first kappa shape index (κ1) is 26.2. The third-order valence-electron chi connectivity index (χ3n) is 3.88. The molecule has 2 rings (SSSR count). The van der Waals surface area contributed by atoms with Crippen LogP contribution in [-0.4, -0.2) is 57.9 Å². The fourth-order valence-corrected chi connectivity index (χ4v) is 3.75. The van der Waals surface area contributed by atoms with E-state index in [-0.39, 0.29) is 45.2 Å². The molecule has 0 aliphatic rings. The van der Waals surface area contributed by atoms with Crippen LogP contribution in [0.3, 0.4) is 0 Å². The van der Waals surface area contributed by atoms with Crippen LogP contribution in [0.5, 0.6) is 28.7 Å². The van der Waals surface area contributed by atoms with E-state index in [1.165, 1.54) is 14.2 Å². The van der Waals surface area contributed by atoms with Crippen molar-refractivity contribution in [3.8, 4) is 28.7 Å². The van der Waals surface area contributed by atoms with E-state index in [1.807, 2.05) is 45.9 Å². The van der Waals surface area contributed by atoms with Gasteiger partial charge in [0.2, 0.25) is 0 Å². The van der Waals surface area contributed by atoms with Gasteiger partial charge in [0, 0.05) is 42.4 Å². The summed E-state index contributed by atoms with van der Waals surface area (Å²) in [6, 6.07) is 8.90. The van der Waals surface area contributed by atoms with Crippen molar-refractivity contribution >= 4 is 38.3 Å². The summed E-state index contributed by atoms with van der Waals surface area (Å²) < 4.78 is 27.8. The van der Waals surface area contributed by atoms with Crippen LogP contribution in [0.25, 0.3) is 0 Å². The fraction of sp³-hybridized carbons (Fsp3) is 0.409. The summed E-state index contributed by atoms with van der Waals surface area (Å²) in [5.41, 5.74) is 0.264. The zero-order chi connectivity index (χ0) is 21.6. The standard InChI is InChI=1S/C22H29O6P.Li/c1-13(2)27-15-8-9-20(17(10-15)28-14(3)4)29-22(23)21-18(25-6)11-16(24-5)12-19(21)26-7;/h8-14,29H,1-7H3;. The molecule has 0 aliphatic heterocycles. The normalized spacial score (nSPS) is 10.8. The molecule has 0 amide bonds. The van der Waals surface area contributed by atoms with E-state index in [0.29, 0.717) is 34.3 Å². The van der Waals surface area contributed by atoms with Gasteiger partial charge in [-0.25, -0.2) is 0 Å². The SMILES string of the molecule is COc1cc(OC)c(C(=O)Pc2ccc(OC(C)C)cc2OC(C)C)c(OC)c1.[Li]. The molecular formula is C22H29LiO6P. The summed E-state index contributed by atoms with van der Waals surface area (Å²) in [5.74, 6) is 2.71. The van der Waals surface area contributed by atoms with Crippen molar-refractivity contribution in [2.24, 2.45) is 0 Å². The number of hydrogen-bond acceptors (Lipinski definition) is 6. The molecule has 159 valence electrons. The molecular weight excluding hydrogens is 398 g/mol. The van der Waals surface area contributed by atoms with E-state index in [0.717, 1.165) is 5.30 Å². The maximum atomic E-state index is 13.2. The van der Waals surface area contributed by atoms with Crippen molar-refractivity contribution in [3.05, 3.63) is 35.9 Å². The van der Waals surface area contributed by atoms with Crippen molar-refractivity contribution < 1.29 is 28.5 Å². The van der Waals surface area contributed by atoms with Gasteiger partial charge in [-0.3, -0.25) is 4.79 Å². The predicted molar refractivity (Wildman–Crippen MR) is 122 cm³/mol. The Kier molecular flexibility index (Phi) is 10.6.